The van der Waals surface area contributed by atoms with Crippen LogP contribution in [0.2, 0.25) is 0 Å². The van der Waals surface area contributed by atoms with Crippen LogP contribution in [0.3, 0.4) is 0 Å². The van der Waals surface area contributed by atoms with Gasteiger partial charge in [0.2, 0.25) is 11.8 Å². The number of methoxy groups -OCH3 is 2. The molecule has 2 atom stereocenters. The van der Waals surface area contributed by atoms with Crippen LogP contribution in [0, 0.1) is 0 Å². The lowest BCUT2D eigenvalue weighted by molar-refractivity contribution is -0.146. The predicted molar refractivity (Wildman–Crippen MR) is 182 cm³/mol. The second kappa shape index (κ2) is 23.2. The minimum absolute atomic E-state index is 0.0694. The minimum atomic E-state index is -0.475. The number of carbonyl (C=O) groups excluding carboxylic acids is 5. The van der Waals surface area contributed by atoms with E-state index in [1.165, 1.54) is 21.1 Å². The van der Waals surface area contributed by atoms with Crippen LogP contribution in [-0.4, -0.2) is 91.4 Å². The molecule has 4 N–H and O–H groups in total. The molecule has 0 aliphatic carbocycles. The van der Waals surface area contributed by atoms with Gasteiger partial charge in [0.05, 0.1) is 5.76 Å². The molecule has 0 saturated heterocycles. The Labute approximate surface area is 278 Å². The molecule has 0 aliphatic heterocycles. The van der Waals surface area contributed by atoms with E-state index in [4.69, 9.17) is 9.47 Å². The monoisotopic (exact) mass is 662 g/mol. The Morgan fingerprint density at radius 2 is 0.913 bits per heavy atom. The standard InChI is InChI=1S/C10H19NO2.C8H15NO3.C8H17NO2.C7H15NO2/c1-7(2)13-8(3)9(12)11-10(4,5)6;1-6(10)12-5-7(11)9-8(2,3)4;1-6(11-5)7(10)9-8(2,3)4;1-7(2,3)8-6(9)5-10-4/h8H,1H2,2-6H3,(H,11,12);5H2,1-4H3,(H,9,11);6H,1-5H3,(H,9,10);5H2,1-4H3,(H,8,9). The number of carbonyl (C=O) groups is 5. The lowest BCUT2D eigenvalue weighted by Crippen LogP contribution is -2.45. The summed E-state index contributed by atoms with van der Waals surface area (Å²) in [7, 11) is 3.02. The smallest absolute Gasteiger partial charge is 0.303 e. The number of esters is 1. The highest BCUT2D eigenvalue weighted by Gasteiger charge is 2.20. The van der Waals surface area contributed by atoms with Crippen molar-refractivity contribution >= 4 is 29.6 Å². The molecule has 0 aromatic rings. The molecule has 0 radical (unpaired) electrons. The predicted octanol–water partition coefficient (Wildman–Crippen LogP) is 3.79. The summed E-state index contributed by atoms with van der Waals surface area (Å²) in [6.45, 7) is 32.9. The van der Waals surface area contributed by atoms with E-state index < -0.39 is 12.1 Å². The van der Waals surface area contributed by atoms with Crippen LogP contribution in [0.5, 0.6) is 0 Å². The van der Waals surface area contributed by atoms with E-state index >= 15 is 0 Å². The first-order chi connectivity index (χ1) is 20.4. The van der Waals surface area contributed by atoms with Crippen molar-refractivity contribution in [2.45, 2.75) is 145 Å². The Bertz CT molecular complexity index is 939. The third-order valence-corrected chi connectivity index (χ3v) is 4.18. The summed E-state index contributed by atoms with van der Waals surface area (Å²) < 4.78 is 19.1. The zero-order valence-electron chi connectivity index (χ0n) is 32.0. The van der Waals surface area contributed by atoms with Crippen molar-refractivity contribution in [2.24, 2.45) is 0 Å². The van der Waals surface area contributed by atoms with Gasteiger partial charge in [0, 0.05) is 43.3 Å². The van der Waals surface area contributed by atoms with Gasteiger partial charge in [-0.1, -0.05) is 6.58 Å². The van der Waals surface area contributed by atoms with Crippen molar-refractivity contribution in [3.63, 3.8) is 0 Å². The average Bonchev–Trinajstić information content (AvgIpc) is 2.78. The molecule has 0 heterocycles. The summed E-state index contributed by atoms with van der Waals surface area (Å²) in [6.07, 6.45) is -0.842. The van der Waals surface area contributed by atoms with Gasteiger partial charge in [-0.2, -0.15) is 0 Å². The van der Waals surface area contributed by atoms with Gasteiger partial charge in [0.25, 0.3) is 11.8 Å². The molecule has 46 heavy (non-hydrogen) atoms. The highest BCUT2D eigenvalue weighted by molar-refractivity contribution is 5.81. The van der Waals surface area contributed by atoms with Gasteiger partial charge in [-0.05, 0) is 104 Å². The fourth-order valence-electron chi connectivity index (χ4n) is 2.61. The number of allylic oxidation sites excluding steroid dienone is 1. The summed E-state index contributed by atoms with van der Waals surface area (Å²) in [5.74, 6) is -0.432. The topological polar surface area (TPSA) is 170 Å². The maximum absolute atomic E-state index is 11.4. The number of nitrogens with one attached hydrogen (secondary N) is 4. The molecule has 272 valence electrons. The Kier molecular flexibility index (Phi) is 25.0. The first-order valence-electron chi connectivity index (χ1n) is 15.1. The van der Waals surface area contributed by atoms with Crippen LogP contribution in [0.15, 0.2) is 12.3 Å². The maximum Gasteiger partial charge on any atom is 0.303 e. The van der Waals surface area contributed by atoms with Crippen molar-refractivity contribution in [3.05, 3.63) is 12.3 Å². The molecule has 2 unspecified atom stereocenters. The molecule has 0 rings (SSSR count). The lowest BCUT2D eigenvalue weighted by atomic mass is 10.1. The number of ether oxygens (including phenoxy) is 4. The van der Waals surface area contributed by atoms with Crippen molar-refractivity contribution in [2.75, 3.05) is 27.4 Å². The minimum Gasteiger partial charge on any atom is -0.486 e. The second-order valence-corrected chi connectivity index (χ2v) is 14.6. The summed E-state index contributed by atoms with van der Waals surface area (Å²) in [4.78, 5) is 54.7. The highest BCUT2D eigenvalue weighted by atomic mass is 16.5. The first-order valence-corrected chi connectivity index (χ1v) is 15.1. The van der Waals surface area contributed by atoms with Gasteiger partial charge in [-0.25, -0.2) is 0 Å². The number of rotatable bonds is 9. The van der Waals surface area contributed by atoms with Crippen LogP contribution >= 0.6 is 0 Å². The van der Waals surface area contributed by atoms with Gasteiger partial charge in [-0.15, -0.1) is 0 Å². The Morgan fingerprint density at radius 3 is 1.17 bits per heavy atom. The third-order valence-electron chi connectivity index (χ3n) is 4.18. The molecule has 4 amide bonds. The normalized spacial score (nSPS) is 12.4. The van der Waals surface area contributed by atoms with E-state index in [1.54, 1.807) is 20.8 Å². The molecular formula is C33H66N4O9. The van der Waals surface area contributed by atoms with Gasteiger partial charge in [-0.3, -0.25) is 24.0 Å². The van der Waals surface area contributed by atoms with Gasteiger partial charge < -0.3 is 40.2 Å². The van der Waals surface area contributed by atoms with Gasteiger partial charge >= 0.3 is 5.97 Å². The number of amides is 4. The van der Waals surface area contributed by atoms with Crippen molar-refractivity contribution < 1.29 is 42.9 Å². The van der Waals surface area contributed by atoms with E-state index in [-0.39, 0.29) is 65.1 Å². The second-order valence-electron chi connectivity index (χ2n) is 14.6. The molecule has 0 aromatic heterocycles. The van der Waals surface area contributed by atoms with E-state index in [0.29, 0.717) is 5.76 Å². The van der Waals surface area contributed by atoms with Gasteiger partial charge in [0.15, 0.2) is 12.7 Å². The third kappa shape index (κ3) is 42.9. The first kappa shape index (κ1) is 49.7. The Morgan fingerprint density at radius 1 is 0.587 bits per heavy atom. The molecule has 0 aromatic carbocycles. The highest BCUT2D eigenvalue weighted by Crippen LogP contribution is 2.04. The van der Waals surface area contributed by atoms with Crippen LogP contribution in [0.25, 0.3) is 0 Å². The molecular weight excluding hydrogens is 596 g/mol. The van der Waals surface area contributed by atoms with Crippen LogP contribution in [-0.2, 0) is 42.9 Å². The van der Waals surface area contributed by atoms with Crippen molar-refractivity contribution in [1.29, 1.82) is 0 Å². The van der Waals surface area contributed by atoms with Crippen molar-refractivity contribution in [1.82, 2.24) is 21.3 Å². The SMILES string of the molecule is C=C(C)OC(C)C(=O)NC(C)(C)C.CC(=O)OCC(=O)NC(C)(C)C.COC(C)C(=O)NC(C)(C)C.COCC(=O)NC(C)(C)C. The van der Waals surface area contributed by atoms with E-state index in [1.807, 2.05) is 83.1 Å². The number of hydrogen-bond acceptors (Lipinski definition) is 9. The molecule has 13 nitrogen and oxygen atoms in total. The average molecular weight is 663 g/mol. The summed E-state index contributed by atoms with van der Waals surface area (Å²) in [5, 5.41) is 11.0. The largest absolute Gasteiger partial charge is 0.486 e. The zero-order chi connectivity index (χ0) is 37.7. The zero-order valence-corrected chi connectivity index (χ0v) is 32.0. The summed E-state index contributed by atoms with van der Waals surface area (Å²) in [5.41, 5.74) is -0.833. The molecule has 13 heteroatoms. The molecule has 0 saturated carbocycles. The summed E-state index contributed by atoms with van der Waals surface area (Å²) >= 11 is 0. The fraction of sp³-hybridized carbons (Fsp3) is 0.788. The summed E-state index contributed by atoms with van der Waals surface area (Å²) in [6, 6.07) is 0. The van der Waals surface area contributed by atoms with Crippen LogP contribution in [0.4, 0.5) is 0 Å². The molecule has 0 spiro atoms. The maximum atomic E-state index is 11.4. The number of hydrogen-bond donors (Lipinski definition) is 4. The molecule has 0 bridgehead atoms. The fourth-order valence-corrected chi connectivity index (χ4v) is 2.61. The molecule has 0 aliphatic rings. The van der Waals surface area contributed by atoms with Crippen LogP contribution in [0.1, 0.15) is 111 Å². The Hall–Kier alpha value is -3.19. The van der Waals surface area contributed by atoms with E-state index in [9.17, 15) is 24.0 Å². The molecule has 0 fully saturated rings. The van der Waals surface area contributed by atoms with E-state index in [0.717, 1.165) is 0 Å². The van der Waals surface area contributed by atoms with Crippen molar-refractivity contribution in [3.8, 4) is 0 Å². The Balaban J connectivity index is -0.000000257. The van der Waals surface area contributed by atoms with E-state index in [2.05, 4.69) is 37.3 Å². The quantitative estimate of drug-likeness (QED) is 0.212. The lowest BCUT2D eigenvalue weighted by Gasteiger charge is -2.23. The van der Waals surface area contributed by atoms with Gasteiger partial charge in [0.1, 0.15) is 12.7 Å². The van der Waals surface area contributed by atoms with Crippen LogP contribution < -0.4 is 21.3 Å².